The zero-order valence-corrected chi connectivity index (χ0v) is 24.0. The number of rotatable bonds is 12. The lowest BCUT2D eigenvalue weighted by Gasteiger charge is -2.39. The molecule has 1 aliphatic carbocycles. The van der Waals surface area contributed by atoms with E-state index in [1.54, 1.807) is 26.5 Å². The first-order valence-electron chi connectivity index (χ1n) is 13.7. The normalized spacial score (nSPS) is 22.4. The number of ether oxygens (including phenoxy) is 5. The van der Waals surface area contributed by atoms with Crippen molar-refractivity contribution in [2.75, 3.05) is 34.5 Å². The minimum Gasteiger partial charge on any atom is -0.496 e. The Kier molecular flexibility index (Phi) is 10.2. The number of benzene rings is 1. The summed E-state index contributed by atoms with van der Waals surface area (Å²) in [5, 5.41) is 48.8. The number of methoxy groups -OCH3 is 3. The molecule has 5 N–H and O–H groups in total. The number of aliphatic hydroxyl groups excluding tert-OH is 5. The quantitative estimate of drug-likeness (QED) is 0.214. The number of nitrogens with zero attached hydrogens (tertiary/aromatic N) is 2. The van der Waals surface area contributed by atoms with Crippen molar-refractivity contribution in [3.05, 3.63) is 41.1 Å². The first kappa shape index (κ1) is 31.4. The number of hydrogen-bond acceptors (Lipinski definition) is 13. The maximum absolute atomic E-state index is 12.7. The number of fused-ring (bicyclic) bond motifs is 3. The van der Waals surface area contributed by atoms with E-state index in [0.29, 0.717) is 60.3 Å². The zero-order valence-electron chi connectivity index (χ0n) is 24.0. The van der Waals surface area contributed by atoms with Crippen LogP contribution in [0.25, 0.3) is 0 Å². The highest BCUT2D eigenvalue weighted by molar-refractivity contribution is 6.16. The van der Waals surface area contributed by atoms with Gasteiger partial charge in [0.25, 0.3) is 0 Å². The molecule has 13 nitrogen and oxygen atoms in total. The molecule has 2 aromatic rings. The SMILES string of the molecule is CCOc1cc2c(cc1OC)C(c1cnc(OC)cc1OC)=N[C@@H]1CC[C@@H](OC(=O)[C@H](O)[C@@H](O)[C@H](O)[C@H](O)CO)C[C@H]21. The maximum atomic E-state index is 12.7. The van der Waals surface area contributed by atoms with Gasteiger partial charge in [-0.15, -0.1) is 0 Å². The maximum Gasteiger partial charge on any atom is 0.338 e. The summed E-state index contributed by atoms with van der Waals surface area (Å²) >= 11 is 0. The molecule has 13 heteroatoms. The van der Waals surface area contributed by atoms with Crippen molar-refractivity contribution in [1.82, 2.24) is 4.98 Å². The molecule has 1 fully saturated rings. The highest BCUT2D eigenvalue weighted by atomic mass is 16.6. The van der Waals surface area contributed by atoms with Crippen LogP contribution in [-0.4, -0.2) is 113 Å². The molecule has 0 amide bonds. The summed E-state index contributed by atoms with van der Waals surface area (Å²) in [5.74, 6) is 0.647. The van der Waals surface area contributed by atoms with Crippen LogP contribution in [0.2, 0.25) is 0 Å². The Bertz CT molecular complexity index is 1290. The van der Waals surface area contributed by atoms with E-state index >= 15 is 0 Å². The Hall–Kier alpha value is -3.49. The van der Waals surface area contributed by atoms with Crippen LogP contribution in [0, 0.1) is 0 Å². The van der Waals surface area contributed by atoms with Gasteiger partial charge in [-0.05, 0) is 43.9 Å². The van der Waals surface area contributed by atoms with Crippen molar-refractivity contribution < 1.29 is 54.0 Å². The Morgan fingerprint density at radius 1 is 0.952 bits per heavy atom. The molecule has 42 heavy (non-hydrogen) atoms. The molecule has 1 saturated carbocycles. The molecule has 7 atom stereocenters. The van der Waals surface area contributed by atoms with E-state index in [1.165, 1.54) is 7.11 Å². The average Bonchev–Trinajstić information content (AvgIpc) is 3.02. The van der Waals surface area contributed by atoms with Gasteiger partial charge in [-0.2, -0.15) is 0 Å². The first-order valence-corrected chi connectivity index (χ1v) is 13.7. The lowest BCUT2D eigenvalue weighted by molar-refractivity contribution is -0.176. The number of pyridine rings is 1. The minimum atomic E-state index is -2.12. The zero-order chi connectivity index (χ0) is 30.6. The summed E-state index contributed by atoms with van der Waals surface area (Å²) in [7, 11) is 4.62. The van der Waals surface area contributed by atoms with Crippen LogP contribution in [0.3, 0.4) is 0 Å². The van der Waals surface area contributed by atoms with Crippen LogP contribution < -0.4 is 18.9 Å². The van der Waals surface area contributed by atoms with Gasteiger partial charge in [-0.1, -0.05) is 0 Å². The standard InChI is InChI=1S/C29H38N2O11/c1-5-41-23-9-15-16-8-14(42-29(37)28(36)27(35)26(34)20(33)13-32)6-7-19(16)31-25(17(15)10-22(23)39-3)18-12-30-24(40-4)11-21(18)38-2/h9-12,14,16,19-20,26-28,32-36H,5-8,13H2,1-4H3/t14-,16-,19-,20-,26-,27+,28-/m1/s1. The van der Waals surface area contributed by atoms with Crippen LogP contribution in [0.5, 0.6) is 23.1 Å². The van der Waals surface area contributed by atoms with Crippen LogP contribution in [0.1, 0.15) is 48.8 Å². The van der Waals surface area contributed by atoms with Gasteiger partial charge in [0.2, 0.25) is 5.88 Å². The van der Waals surface area contributed by atoms with Gasteiger partial charge in [0.05, 0.1) is 51.9 Å². The second-order valence-electron chi connectivity index (χ2n) is 10.1. The predicted octanol–water partition coefficient (Wildman–Crippen LogP) is 0.341. The van der Waals surface area contributed by atoms with E-state index in [2.05, 4.69) is 4.98 Å². The molecule has 4 rings (SSSR count). The van der Waals surface area contributed by atoms with E-state index < -0.39 is 43.1 Å². The summed E-state index contributed by atoms with van der Waals surface area (Å²) < 4.78 is 27.9. The lowest BCUT2D eigenvalue weighted by Crippen LogP contribution is -2.50. The van der Waals surface area contributed by atoms with Crippen molar-refractivity contribution in [3.63, 3.8) is 0 Å². The molecule has 0 unspecified atom stereocenters. The van der Waals surface area contributed by atoms with E-state index in [1.807, 2.05) is 19.1 Å². The fourth-order valence-corrected chi connectivity index (χ4v) is 5.45. The lowest BCUT2D eigenvalue weighted by atomic mass is 9.74. The first-order chi connectivity index (χ1) is 20.2. The molecule has 2 aliphatic rings. The second kappa shape index (κ2) is 13.7. The number of esters is 1. The second-order valence-corrected chi connectivity index (χ2v) is 10.1. The van der Waals surface area contributed by atoms with Crippen molar-refractivity contribution in [2.24, 2.45) is 4.99 Å². The third kappa shape index (κ3) is 6.30. The van der Waals surface area contributed by atoms with Gasteiger partial charge in [-0.25, -0.2) is 9.78 Å². The van der Waals surface area contributed by atoms with Crippen LogP contribution in [0.15, 0.2) is 29.4 Å². The van der Waals surface area contributed by atoms with E-state index in [9.17, 15) is 25.2 Å². The molecule has 1 aliphatic heterocycles. The number of carbonyl (C=O) groups is 1. The molecule has 1 aromatic heterocycles. The topological polar surface area (TPSA) is 190 Å². The molecular weight excluding hydrogens is 552 g/mol. The Balaban J connectivity index is 1.67. The molecule has 0 spiro atoms. The van der Waals surface area contributed by atoms with Gasteiger partial charge in [-0.3, -0.25) is 4.99 Å². The van der Waals surface area contributed by atoms with Gasteiger partial charge in [0.15, 0.2) is 17.6 Å². The Morgan fingerprint density at radius 2 is 1.69 bits per heavy atom. The number of aliphatic hydroxyl groups is 5. The number of aromatic nitrogens is 1. The molecule has 0 saturated heterocycles. The summed E-state index contributed by atoms with van der Waals surface area (Å²) in [6.45, 7) is 1.42. The molecule has 2 heterocycles. The van der Waals surface area contributed by atoms with Crippen LogP contribution >= 0.6 is 0 Å². The van der Waals surface area contributed by atoms with Crippen molar-refractivity contribution in [2.45, 2.75) is 68.7 Å². The largest absolute Gasteiger partial charge is 0.496 e. The molecule has 230 valence electrons. The highest BCUT2D eigenvalue weighted by Crippen LogP contribution is 2.46. The Labute approximate surface area is 243 Å². The fraction of sp³-hybridized carbons (Fsp3) is 0.552. The van der Waals surface area contributed by atoms with E-state index in [4.69, 9.17) is 33.8 Å². The van der Waals surface area contributed by atoms with Crippen LogP contribution in [0.4, 0.5) is 0 Å². The predicted molar refractivity (Wildman–Crippen MR) is 149 cm³/mol. The number of carbonyl (C=O) groups excluding carboxylic acids is 1. The number of aliphatic imine (C=N–C) groups is 1. The molecular formula is C29H38N2O11. The summed E-state index contributed by atoms with van der Waals surface area (Å²) in [6, 6.07) is 5.25. The molecule has 0 radical (unpaired) electrons. The van der Waals surface area contributed by atoms with Gasteiger partial charge in [0.1, 0.15) is 30.2 Å². The summed E-state index contributed by atoms with van der Waals surface area (Å²) in [5.41, 5.74) is 2.99. The third-order valence-corrected chi connectivity index (χ3v) is 7.65. The Morgan fingerprint density at radius 3 is 2.33 bits per heavy atom. The smallest absolute Gasteiger partial charge is 0.338 e. The summed E-state index contributed by atoms with van der Waals surface area (Å²) in [4.78, 5) is 22.1. The van der Waals surface area contributed by atoms with Crippen molar-refractivity contribution in [3.8, 4) is 23.1 Å². The minimum absolute atomic E-state index is 0.186. The average molecular weight is 591 g/mol. The number of hydrogen-bond donors (Lipinski definition) is 5. The van der Waals surface area contributed by atoms with E-state index in [0.717, 1.165) is 11.1 Å². The van der Waals surface area contributed by atoms with Gasteiger partial charge < -0.3 is 49.2 Å². The summed E-state index contributed by atoms with van der Waals surface area (Å²) in [6.07, 6.45) is -5.50. The molecule has 0 bridgehead atoms. The highest BCUT2D eigenvalue weighted by Gasteiger charge is 2.41. The van der Waals surface area contributed by atoms with E-state index in [-0.39, 0.29) is 12.0 Å². The molecule has 1 aromatic carbocycles. The fourth-order valence-electron chi connectivity index (χ4n) is 5.45. The van der Waals surface area contributed by atoms with Crippen molar-refractivity contribution >= 4 is 11.7 Å². The van der Waals surface area contributed by atoms with Gasteiger partial charge in [0, 0.05) is 23.7 Å². The van der Waals surface area contributed by atoms with Crippen LogP contribution in [-0.2, 0) is 9.53 Å². The monoisotopic (exact) mass is 590 g/mol. The van der Waals surface area contributed by atoms with Gasteiger partial charge >= 0.3 is 5.97 Å². The van der Waals surface area contributed by atoms with Crippen molar-refractivity contribution in [1.29, 1.82) is 0 Å². The third-order valence-electron chi connectivity index (χ3n) is 7.65.